The van der Waals surface area contributed by atoms with Crippen molar-refractivity contribution in [3.63, 3.8) is 0 Å². The fraction of sp³-hybridized carbons (Fsp3) is 0. The van der Waals surface area contributed by atoms with Crippen molar-refractivity contribution in [1.29, 1.82) is 5.41 Å². The van der Waals surface area contributed by atoms with Crippen LogP contribution in [0.4, 0.5) is 0 Å². The van der Waals surface area contributed by atoms with E-state index in [9.17, 15) is 0 Å². The van der Waals surface area contributed by atoms with Crippen LogP contribution in [-0.2, 0) is 0 Å². The van der Waals surface area contributed by atoms with Crippen LogP contribution in [-0.4, -0.2) is 5.84 Å². The molecule has 0 aliphatic carbocycles. The molecule has 0 aliphatic rings. The lowest BCUT2D eigenvalue weighted by Gasteiger charge is -1.76. The minimum Gasteiger partial charge on any atom is -0.377 e. The number of nitrogens with two attached hydrogens (primary N) is 1. The Labute approximate surface area is 63.2 Å². The highest BCUT2D eigenvalue weighted by atomic mass is 32.1. The van der Waals surface area contributed by atoms with Crippen molar-refractivity contribution < 1.29 is 0 Å². The van der Waals surface area contributed by atoms with Gasteiger partial charge < -0.3 is 5.73 Å². The largest absolute Gasteiger partial charge is 0.377 e. The summed E-state index contributed by atoms with van der Waals surface area (Å²) in [5.74, 6) is 5.11. The molecule has 0 spiro atoms. The van der Waals surface area contributed by atoms with Crippen molar-refractivity contribution in [3.05, 3.63) is 22.4 Å². The van der Waals surface area contributed by atoms with Crippen LogP contribution in [0.2, 0.25) is 0 Å². The number of rotatable bonds is 0. The molecule has 50 valence electrons. The Kier molecular flexibility index (Phi) is 2.08. The Bertz CT molecular complexity index is 276. The molecule has 0 amide bonds. The Balaban J connectivity index is 2.75. The molecule has 0 fully saturated rings. The molecule has 0 saturated heterocycles. The Morgan fingerprint density at radius 3 is 3.00 bits per heavy atom. The third-order valence-corrected chi connectivity index (χ3v) is 1.55. The molecule has 1 aromatic heterocycles. The van der Waals surface area contributed by atoms with Gasteiger partial charge in [0.15, 0.2) is 5.84 Å². The third kappa shape index (κ3) is 1.92. The molecule has 0 bridgehead atoms. The molecular weight excluding hydrogens is 144 g/mol. The molecule has 10 heavy (non-hydrogen) atoms. The summed E-state index contributed by atoms with van der Waals surface area (Å²) in [6.45, 7) is 0. The second-order valence-corrected chi connectivity index (χ2v) is 2.46. The first-order chi connectivity index (χ1) is 4.79. The van der Waals surface area contributed by atoms with Crippen molar-refractivity contribution in [2.75, 3.05) is 0 Å². The molecule has 3 N–H and O–H groups in total. The SMILES string of the molecule is N=C(N)C#Cc1ccsc1. The Morgan fingerprint density at radius 2 is 2.50 bits per heavy atom. The van der Waals surface area contributed by atoms with E-state index in [1.54, 1.807) is 11.3 Å². The highest BCUT2D eigenvalue weighted by Crippen LogP contribution is 2.02. The first-order valence-electron chi connectivity index (χ1n) is 2.67. The standard InChI is InChI=1S/C7H6N2S/c8-7(9)2-1-6-3-4-10-5-6/h3-5H,(H3,8,9). The molecule has 0 unspecified atom stereocenters. The first kappa shape index (κ1) is 6.84. The summed E-state index contributed by atoms with van der Waals surface area (Å²) in [6.07, 6.45) is 0. The maximum atomic E-state index is 6.80. The van der Waals surface area contributed by atoms with Gasteiger partial charge in [0.2, 0.25) is 0 Å². The van der Waals surface area contributed by atoms with E-state index in [1.165, 1.54) is 0 Å². The topological polar surface area (TPSA) is 49.9 Å². The van der Waals surface area contributed by atoms with Gasteiger partial charge in [-0.05, 0) is 17.4 Å². The number of hydrogen-bond acceptors (Lipinski definition) is 2. The van der Waals surface area contributed by atoms with Crippen LogP contribution in [0, 0.1) is 17.3 Å². The van der Waals surface area contributed by atoms with E-state index >= 15 is 0 Å². The Morgan fingerprint density at radius 1 is 1.70 bits per heavy atom. The van der Waals surface area contributed by atoms with Crippen molar-refractivity contribution >= 4 is 17.2 Å². The molecule has 0 radical (unpaired) electrons. The average molecular weight is 150 g/mol. The summed E-state index contributed by atoms with van der Waals surface area (Å²) in [5, 5.41) is 10.7. The summed E-state index contributed by atoms with van der Waals surface area (Å²) in [6, 6.07) is 1.89. The van der Waals surface area contributed by atoms with Gasteiger partial charge in [-0.2, -0.15) is 11.3 Å². The molecular formula is C7H6N2S. The van der Waals surface area contributed by atoms with E-state index in [-0.39, 0.29) is 5.84 Å². The fourth-order valence-corrected chi connectivity index (χ4v) is 1.06. The van der Waals surface area contributed by atoms with Crippen molar-refractivity contribution in [3.8, 4) is 11.8 Å². The summed E-state index contributed by atoms with van der Waals surface area (Å²) >= 11 is 1.58. The quantitative estimate of drug-likeness (QED) is 0.324. The second kappa shape index (κ2) is 3.04. The van der Waals surface area contributed by atoms with Gasteiger partial charge in [-0.3, -0.25) is 5.41 Å². The fourth-order valence-electron chi connectivity index (χ4n) is 0.475. The second-order valence-electron chi connectivity index (χ2n) is 1.68. The maximum absolute atomic E-state index is 6.80. The van der Waals surface area contributed by atoms with Crippen LogP contribution in [0.3, 0.4) is 0 Å². The lowest BCUT2D eigenvalue weighted by atomic mass is 10.3. The van der Waals surface area contributed by atoms with Gasteiger partial charge in [0.25, 0.3) is 0 Å². The van der Waals surface area contributed by atoms with Crippen LogP contribution in [0.5, 0.6) is 0 Å². The van der Waals surface area contributed by atoms with Crippen LogP contribution in [0.1, 0.15) is 5.56 Å². The number of hydrogen-bond donors (Lipinski definition) is 2. The van der Waals surface area contributed by atoms with Gasteiger partial charge in [0, 0.05) is 10.9 Å². The lowest BCUT2D eigenvalue weighted by molar-refractivity contribution is 1.48. The molecule has 0 aliphatic heterocycles. The summed E-state index contributed by atoms with van der Waals surface area (Å²) in [5.41, 5.74) is 5.94. The van der Waals surface area contributed by atoms with Crippen LogP contribution >= 0.6 is 11.3 Å². The minimum absolute atomic E-state index is 0.0915. The highest BCUT2D eigenvalue weighted by Gasteiger charge is 1.82. The molecule has 1 aromatic rings. The van der Waals surface area contributed by atoms with E-state index < -0.39 is 0 Å². The van der Waals surface area contributed by atoms with Crippen LogP contribution in [0.25, 0.3) is 0 Å². The molecule has 0 aromatic carbocycles. The average Bonchev–Trinajstić information content (AvgIpc) is 2.34. The molecule has 1 rings (SSSR count). The van der Waals surface area contributed by atoms with Crippen LogP contribution < -0.4 is 5.73 Å². The third-order valence-electron chi connectivity index (χ3n) is 0.863. The smallest absolute Gasteiger partial charge is 0.168 e. The summed E-state index contributed by atoms with van der Waals surface area (Å²) in [7, 11) is 0. The van der Waals surface area contributed by atoms with Crippen molar-refractivity contribution in [1.82, 2.24) is 0 Å². The summed E-state index contributed by atoms with van der Waals surface area (Å²) in [4.78, 5) is 0. The minimum atomic E-state index is -0.0915. The molecule has 0 saturated carbocycles. The molecule has 3 heteroatoms. The van der Waals surface area contributed by atoms with Crippen molar-refractivity contribution in [2.24, 2.45) is 5.73 Å². The van der Waals surface area contributed by atoms with Gasteiger partial charge >= 0.3 is 0 Å². The monoisotopic (exact) mass is 150 g/mol. The van der Waals surface area contributed by atoms with Gasteiger partial charge in [-0.15, -0.1) is 0 Å². The van der Waals surface area contributed by atoms with Crippen molar-refractivity contribution in [2.45, 2.75) is 0 Å². The number of nitrogens with one attached hydrogen (secondary N) is 1. The predicted octanol–water partition coefficient (Wildman–Crippen LogP) is 1.04. The summed E-state index contributed by atoms with van der Waals surface area (Å²) < 4.78 is 0. The number of amidine groups is 1. The predicted molar refractivity (Wildman–Crippen MR) is 43.1 cm³/mol. The highest BCUT2D eigenvalue weighted by molar-refractivity contribution is 7.08. The molecule has 0 atom stereocenters. The van der Waals surface area contributed by atoms with Gasteiger partial charge in [0.1, 0.15) is 0 Å². The van der Waals surface area contributed by atoms with E-state index in [2.05, 4.69) is 11.8 Å². The van der Waals surface area contributed by atoms with Crippen LogP contribution in [0.15, 0.2) is 16.8 Å². The van der Waals surface area contributed by atoms with E-state index in [1.807, 2.05) is 16.8 Å². The molecule has 2 nitrogen and oxygen atoms in total. The number of thiophene rings is 1. The van der Waals surface area contributed by atoms with Gasteiger partial charge in [0.05, 0.1) is 0 Å². The van der Waals surface area contributed by atoms with E-state index in [0.717, 1.165) is 5.56 Å². The zero-order chi connectivity index (χ0) is 7.40. The zero-order valence-electron chi connectivity index (χ0n) is 5.22. The van der Waals surface area contributed by atoms with E-state index in [4.69, 9.17) is 11.1 Å². The maximum Gasteiger partial charge on any atom is 0.168 e. The first-order valence-corrected chi connectivity index (χ1v) is 3.61. The van der Waals surface area contributed by atoms with Gasteiger partial charge in [-0.1, -0.05) is 5.92 Å². The zero-order valence-corrected chi connectivity index (χ0v) is 6.03. The lowest BCUT2D eigenvalue weighted by Crippen LogP contribution is -2.04. The normalized spacial score (nSPS) is 8.00. The Hall–Kier alpha value is -1.27. The van der Waals surface area contributed by atoms with E-state index in [0.29, 0.717) is 0 Å². The van der Waals surface area contributed by atoms with Gasteiger partial charge in [-0.25, -0.2) is 0 Å². The molecule has 1 heterocycles.